The second-order valence-electron chi connectivity index (χ2n) is 4.31. The van der Waals surface area contributed by atoms with Gasteiger partial charge < -0.3 is 4.74 Å². The number of hydrogen-bond acceptors (Lipinski definition) is 6. The lowest BCUT2D eigenvalue weighted by Gasteiger charge is -2.06. The van der Waals surface area contributed by atoms with E-state index >= 15 is 0 Å². The Morgan fingerprint density at radius 2 is 2.16 bits per heavy atom. The third-order valence-corrected chi connectivity index (χ3v) is 3.14. The molecule has 19 heavy (non-hydrogen) atoms. The van der Waals surface area contributed by atoms with E-state index in [9.17, 15) is 14.4 Å². The zero-order valence-electron chi connectivity index (χ0n) is 10.9. The van der Waals surface area contributed by atoms with Gasteiger partial charge in [0.25, 0.3) is 5.56 Å². The highest BCUT2D eigenvalue weighted by atomic mass is 32.2. The van der Waals surface area contributed by atoms with E-state index in [1.165, 1.54) is 0 Å². The monoisotopic (exact) mass is 287 g/mol. The molecular formula is C11H17N3O4S. The first-order valence-corrected chi connectivity index (χ1v) is 6.95. The summed E-state index contributed by atoms with van der Waals surface area (Å²) in [5, 5.41) is 5.85. The molecule has 0 unspecified atom stereocenters. The minimum Gasteiger partial charge on any atom is -0.466 e. The summed E-state index contributed by atoms with van der Waals surface area (Å²) < 4.78 is 5.02. The lowest BCUT2D eigenvalue weighted by atomic mass is 10.1. The fourth-order valence-corrected chi connectivity index (χ4v) is 1.90. The first-order chi connectivity index (χ1) is 8.99. The number of carbonyl (C=O) groups excluding carboxylic acids is 1. The van der Waals surface area contributed by atoms with Crippen LogP contribution in [0.25, 0.3) is 0 Å². The molecule has 1 rings (SSSR count). The predicted octanol–water partition coefficient (Wildman–Crippen LogP) is 0.530. The summed E-state index contributed by atoms with van der Waals surface area (Å²) >= 11 is 1.10. The van der Waals surface area contributed by atoms with Crippen LogP contribution in [0, 0.1) is 5.92 Å². The number of esters is 1. The molecule has 106 valence electrons. The van der Waals surface area contributed by atoms with Gasteiger partial charge in [-0.15, -0.1) is 0 Å². The zero-order chi connectivity index (χ0) is 14.3. The van der Waals surface area contributed by atoms with Crippen LogP contribution in [0.5, 0.6) is 0 Å². The third-order valence-electron chi connectivity index (χ3n) is 2.18. The molecule has 1 aromatic rings. The van der Waals surface area contributed by atoms with Crippen LogP contribution >= 0.6 is 11.8 Å². The van der Waals surface area contributed by atoms with Crippen LogP contribution in [-0.2, 0) is 9.53 Å². The van der Waals surface area contributed by atoms with E-state index in [2.05, 4.69) is 29.0 Å². The van der Waals surface area contributed by atoms with Crippen LogP contribution in [0.4, 0.5) is 0 Å². The Hall–Kier alpha value is -1.57. The molecule has 7 nitrogen and oxygen atoms in total. The largest absolute Gasteiger partial charge is 0.466 e. The number of aromatic amines is 2. The van der Waals surface area contributed by atoms with Crippen molar-refractivity contribution in [3.8, 4) is 0 Å². The van der Waals surface area contributed by atoms with E-state index in [1.54, 1.807) is 0 Å². The molecule has 0 aromatic carbocycles. The third kappa shape index (κ3) is 6.23. The second-order valence-corrected chi connectivity index (χ2v) is 5.40. The summed E-state index contributed by atoms with van der Waals surface area (Å²) in [7, 11) is 0. The summed E-state index contributed by atoms with van der Waals surface area (Å²) in [4.78, 5) is 35.4. The molecule has 0 amide bonds. The lowest BCUT2D eigenvalue weighted by molar-refractivity contribution is -0.143. The number of thioether (sulfide) groups is 1. The standard InChI is InChI=1S/C11H17N3O4S/c1-7(2)3-5-18-8(15)4-6-19-10-9(16)12-11(17)14-13-10/h7H,3-6H2,1-2H3,(H2,12,14,16,17). The van der Waals surface area contributed by atoms with Crippen LogP contribution in [0.3, 0.4) is 0 Å². The minimum atomic E-state index is -0.651. The number of nitrogens with zero attached hydrogens (tertiary/aromatic N) is 1. The van der Waals surface area contributed by atoms with Crippen LogP contribution < -0.4 is 11.2 Å². The molecule has 0 bridgehead atoms. The van der Waals surface area contributed by atoms with E-state index in [0.717, 1.165) is 18.2 Å². The van der Waals surface area contributed by atoms with Crippen molar-refractivity contribution in [3.05, 3.63) is 20.8 Å². The maximum Gasteiger partial charge on any atom is 0.342 e. The summed E-state index contributed by atoms with van der Waals surface area (Å²) in [5.41, 5.74) is -1.20. The number of aromatic nitrogens is 3. The molecule has 1 heterocycles. The minimum absolute atomic E-state index is 0.134. The number of hydrogen-bond donors (Lipinski definition) is 2. The first-order valence-electron chi connectivity index (χ1n) is 5.96. The smallest absolute Gasteiger partial charge is 0.342 e. The molecule has 0 aliphatic carbocycles. The maximum absolute atomic E-state index is 11.4. The van der Waals surface area contributed by atoms with Crippen LogP contribution in [-0.4, -0.2) is 33.5 Å². The molecular weight excluding hydrogens is 270 g/mol. The Balaban J connectivity index is 2.28. The number of rotatable bonds is 7. The van der Waals surface area contributed by atoms with E-state index in [0.29, 0.717) is 18.3 Å². The van der Waals surface area contributed by atoms with E-state index < -0.39 is 11.2 Å². The normalized spacial score (nSPS) is 10.7. The molecule has 2 N–H and O–H groups in total. The first kappa shape index (κ1) is 15.5. The number of ether oxygens (including phenoxy) is 1. The molecule has 8 heteroatoms. The molecule has 0 saturated carbocycles. The SMILES string of the molecule is CC(C)CCOC(=O)CCSc1n[nH]c(=O)[nH]c1=O. The van der Waals surface area contributed by atoms with E-state index in [1.807, 2.05) is 0 Å². The van der Waals surface area contributed by atoms with Crippen molar-refractivity contribution < 1.29 is 9.53 Å². The van der Waals surface area contributed by atoms with Gasteiger partial charge in [0.2, 0.25) is 0 Å². The van der Waals surface area contributed by atoms with E-state index in [4.69, 9.17) is 4.74 Å². The van der Waals surface area contributed by atoms with Crippen LogP contribution in [0.1, 0.15) is 26.7 Å². The lowest BCUT2D eigenvalue weighted by Crippen LogP contribution is -2.25. The predicted molar refractivity (Wildman–Crippen MR) is 71.2 cm³/mol. The Labute approximate surface area is 114 Å². The van der Waals surface area contributed by atoms with Gasteiger partial charge in [-0.05, 0) is 12.3 Å². The van der Waals surface area contributed by atoms with Gasteiger partial charge in [0.1, 0.15) is 0 Å². The van der Waals surface area contributed by atoms with Crippen molar-refractivity contribution in [2.24, 2.45) is 5.92 Å². The van der Waals surface area contributed by atoms with Crippen molar-refractivity contribution >= 4 is 17.7 Å². The average Bonchev–Trinajstić information content (AvgIpc) is 2.31. The Morgan fingerprint density at radius 3 is 2.79 bits per heavy atom. The summed E-state index contributed by atoms with van der Waals surface area (Å²) in [6, 6.07) is 0. The second kappa shape index (κ2) is 7.78. The number of H-pyrrole nitrogens is 2. The molecule has 1 aromatic heterocycles. The quantitative estimate of drug-likeness (QED) is 0.560. The van der Waals surface area contributed by atoms with Crippen LogP contribution in [0.15, 0.2) is 14.6 Å². The Bertz CT molecular complexity index is 523. The summed E-state index contributed by atoms with van der Waals surface area (Å²) in [6.07, 6.45) is 1.03. The molecule has 0 aliphatic rings. The van der Waals surface area contributed by atoms with Gasteiger partial charge in [0.05, 0.1) is 13.0 Å². The fraction of sp³-hybridized carbons (Fsp3) is 0.636. The van der Waals surface area contributed by atoms with Gasteiger partial charge in [0, 0.05) is 5.75 Å². The Morgan fingerprint density at radius 1 is 1.42 bits per heavy atom. The van der Waals surface area contributed by atoms with Crippen molar-refractivity contribution in [1.82, 2.24) is 15.2 Å². The molecule has 0 saturated heterocycles. The highest BCUT2D eigenvalue weighted by Crippen LogP contribution is 2.10. The Kier molecular flexibility index (Phi) is 6.34. The van der Waals surface area contributed by atoms with E-state index in [-0.39, 0.29) is 17.4 Å². The maximum atomic E-state index is 11.4. The fourth-order valence-electron chi connectivity index (χ4n) is 1.15. The summed E-state index contributed by atoms with van der Waals surface area (Å²) in [5.74, 6) is 0.572. The molecule has 0 spiro atoms. The van der Waals surface area contributed by atoms with Gasteiger partial charge >= 0.3 is 11.7 Å². The zero-order valence-corrected chi connectivity index (χ0v) is 11.7. The van der Waals surface area contributed by atoms with Gasteiger partial charge in [-0.1, -0.05) is 25.6 Å². The number of carbonyl (C=O) groups is 1. The molecule has 0 fully saturated rings. The van der Waals surface area contributed by atoms with Crippen molar-refractivity contribution in [1.29, 1.82) is 0 Å². The summed E-state index contributed by atoms with van der Waals surface area (Å²) in [6.45, 7) is 4.52. The van der Waals surface area contributed by atoms with Crippen LogP contribution in [0.2, 0.25) is 0 Å². The highest BCUT2D eigenvalue weighted by molar-refractivity contribution is 7.99. The van der Waals surface area contributed by atoms with Crippen molar-refractivity contribution in [3.63, 3.8) is 0 Å². The number of nitrogens with one attached hydrogen (secondary N) is 2. The van der Waals surface area contributed by atoms with Gasteiger partial charge in [-0.3, -0.25) is 14.6 Å². The van der Waals surface area contributed by atoms with Gasteiger partial charge in [0.15, 0.2) is 5.03 Å². The molecule has 0 aliphatic heterocycles. The van der Waals surface area contributed by atoms with Gasteiger partial charge in [-0.25, -0.2) is 9.89 Å². The highest BCUT2D eigenvalue weighted by Gasteiger charge is 2.07. The van der Waals surface area contributed by atoms with Crippen molar-refractivity contribution in [2.45, 2.75) is 31.7 Å². The molecule has 0 radical (unpaired) electrons. The molecule has 0 atom stereocenters. The van der Waals surface area contributed by atoms with Crippen molar-refractivity contribution in [2.75, 3.05) is 12.4 Å². The van der Waals surface area contributed by atoms with Gasteiger partial charge in [-0.2, -0.15) is 5.10 Å². The topological polar surface area (TPSA) is 105 Å². The average molecular weight is 287 g/mol.